The lowest BCUT2D eigenvalue weighted by atomic mass is 9.94. The molecule has 3 rings (SSSR count). The van der Waals surface area contributed by atoms with Crippen LogP contribution in [0.15, 0.2) is 24.5 Å². The Morgan fingerprint density at radius 3 is 3.05 bits per heavy atom. The number of likely N-dealkylation sites (tertiary alicyclic amines) is 1. The Morgan fingerprint density at radius 2 is 2.32 bits per heavy atom. The minimum absolute atomic E-state index is 0.299. The summed E-state index contributed by atoms with van der Waals surface area (Å²) < 4.78 is 2.11. The van der Waals surface area contributed by atoms with Crippen LogP contribution in [0.25, 0.3) is 5.65 Å². The molecule has 4 heteroatoms. The molecule has 2 atom stereocenters. The molecular formula is C15H22N4. The fourth-order valence-electron chi connectivity index (χ4n) is 2.82. The van der Waals surface area contributed by atoms with Crippen molar-refractivity contribution in [2.45, 2.75) is 32.9 Å². The highest BCUT2D eigenvalue weighted by Gasteiger charge is 2.23. The highest BCUT2D eigenvalue weighted by Crippen LogP contribution is 2.18. The van der Waals surface area contributed by atoms with Gasteiger partial charge in [-0.3, -0.25) is 4.90 Å². The zero-order valence-corrected chi connectivity index (χ0v) is 11.7. The molecule has 0 bridgehead atoms. The number of pyridine rings is 1. The van der Waals surface area contributed by atoms with Gasteiger partial charge in [0.1, 0.15) is 5.65 Å². The van der Waals surface area contributed by atoms with Crippen LogP contribution >= 0.6 is 0 Å². The van der Waals surface area contributed by atoms with Crippen molar-refractivity contribution in [3.63, 3.8) is 0 Å². The number of nitrogens with two attached hydrogens (primary N) is 1. The molecule has 4 nitrogen and oxygen atoms in total. The quantitative estimate of drug-likeness (QED) is 0.893. The monoisotopic (exact) mass is 258 g/mol. The van der Waals surface area contributed by atoms with Gasteiger partial charge in [-0.15, -0.1) is 0 Å². The first kappa shape index (κ1) is 12.6. The van der Waals surface area contributed by atoms with Crippen LogP contribution in [-0.2, 0) is 6.54 Å². The lowest BCUT2D eigenvalue weighted by molar-refractivity contribution is 0.161. The standard InChI is InChI=1S/C15H22N4/c1-11-5-7-18(10-14(11)16)8-13-9-19-6-3-4-12(2)15(19)17-13/h3-4,6,9,11,14H,5,7-8,10,16H2,1-2H3. The molecule has 1 saturated heterocycles. The SMILES string of the molecule is Cc1cccn2cc(CN3CCC(C)C(N)C3)nc12. The Morgan fingerprint density at radius 1 is 1.47 bits per heavy atom. The van der Waals surface area contributed by atoms with Gasteiger partial charge < -0.3 is 10.1 Å². The molecule has 0 radical (unpaired) electrons. The van der Waals surface area contributed by atoms with E-state index in [4.69, 9.17) is 10.7 Å². The second-order valence-electron chi connectivity index (χ2n) is 5.82. The molecule has 2 unspecified atom stereocenters. The van der Waals surface area contributed by atoms with Gasteiger partial charge in [-0.05, 0) is 37.4 Å². The zero-order valence-electron chi connectivity index (χ0n) is 11.7. The van der Waals surface area contributed by atoms with Crippen molar-refractivity contribution < 1.29 is 0 Å². The van der Waals surface area contributed by atoms with E-state index < -0.39 is 0 Å². The second kappa shape index (κ2) is 4.94. The number of aromatic nitrogens is 2. The predicted octanol–water partition coefficient (Wildman–Crippen LogP) is 1.81. The number of nitrogens with zero attached hydrogens (tertiary/aromatic N) is 3. The van der Waals surface area contributed by atoms with Gasteiger partial charge in [-0.1, -0.05) is 13.0 Å². The summed E-state index contributed by atoms with van der Waals surface area (Å²) in [5.41, 5.74) is 9.57. The summed E-state index contributed by atoms with van der Waals surface area (Å²) in [6.45, 7) is 7.36. The molecule has 0 saturated carbocycles. The molecule has 19 heavy (non-hydrogen) atoms. The van der Waals surface area contributed by atoms with Crippen molar-refractivity contribution in [2.75, 3.05) is 13.1 Å². The fourth-order valence-corrected chi connectivity index (χ4v) is 2.82. The summed E-state index contributed by atoms with van der Waals surface area (Å²) >= 11 is 0. The largest absolute Gasteiger partial charge is 0.326 e. The van der Waals surface area contributed by atoms with Gasteiger partial charge in [-0.2, -0.15) is 0 Å². The minimum Gasteiger partial charge on any atom is -0.326 e. The maximum atomic E-state index is 6.15. The van der Waals surface area contributed by atoms with Gasteiger partial charge in [0.15, 0.2) is 0 Å². The number of hydrogen-bond donors (Lipinski definition) is 1. The first-order chi connectivity index (χ1) is 9.13. The van der Waals surface area contributed by atoms with Crippen LogP contribution in [0.1, 0.15) is 24.6 Å². The van der Waals surface area contributed by atoms with E-state index >= 15 is 0 Å². The first-order valence-electron chi connectivity index (χ1n) is 7.04. The summed E-state index contributed by atoms with van der Waals surface area (Å²) in [5.74, 6) is 0.638. The predicted molar refractivity (Wildman–Crippen MR) is 77.0 cm³/mol. The average Bonchev–Trinajstić information content (AvgIpc) is 2.78. The number of rotatable bonds is 2. The van der Waals surface area contributed by atoms with Gasteiger partial charge in [0.25, 0.3) is 0 Å². The van der Waals surface area contributed by atoms with Gasteiger partial charge in [-0.25, -0.2) is 4.98 Å². The maximum absolute atomic E-state index is 6.15. The number of hydrogen-bond acceptors (Lipinski definition) is 3. The zero-order chi connectivity index (χ0) is 13.4. The molecule has 1 fully saturated rings. The maximum Gasteiger partial charge on any atom is 0.139 e. The summed E-state index contributed by atoms with van der Waals surface area (Å²) in [4.78, 5) is 7.15. The minimum atomic E-state index is 0.299. The number of aryl methyl sites for hydroxylation is 1. The lowest BCUT2D eigenvalue weighted by Gasteiger charge is -2.34. The van der Waals surface area contributed by atoms with Crippen molar-refractivity contribution >= 4 is 5.65 Å². The molecular weight excluding hydrogens is 236 g/mol. The van der Waals surface area contributed by atoms with Gasteiger partial charge in [0.2, 0.25) is 0 Å². The van der Waals surface area contributed by atoms with E-state index in [0.717, 1.165) is 31.0 Å². The molecule has 1 aliphatic rings. The van der Waals surface area contributed by atoms with Gasteiger partial charge in [0.05, 0.1) is 5.69 Å². The molecule has 3 heterocycles. The Balaban J connectivity index is 1.77. The summed E-state index contributed by atoms with van der Waals surface area (Å²) in [6.07, 6.45) is 5.38. The molecule has 0 spiro atoms. The van der Waals surface area contributed by atoms with Gasteiger partial charge in [0, 0.05) is 31.5 Å². The summed E-state index contributed by atoms with van der Waals surface area (Å²) in [7, 11) is 0. The average molecular weight is 258 g/mol. The number of fused-ring (bicyclic) bond motifs is 1. The van der Waals surface area contributed by atoms with Crippen LogP contribution in [0, 0.1) is 12.8 Å². The molecule has 102 valence electrons. The first-order valence-corrected chi connectivity index (χ1v) is 7.04. The van der Waals surface area contributed by atoms with Crippen molar-refractivity contribution in [1.29, 1.82) is 0 Å². The smallest absolute Gasteiger partial charge is 0.139 e. The normalized spacial score (nSPS) is 25.0. The van der Waals surface area contributed by atoms with Crippen molar-refractivity contribution in [2.24, 2.45) is 11.7 Å². The van der Waals surface area contributed by atoms with Crippen LogP contribution < -0.4 is 5.73 Å². The van der Waals surface area contributed by atoms with E-state index in [1.165, 1.54) is 12.0 Å². The van der Waals surface area contributed by atoms with E-state index in [1.54, 1.807) is 0 Å². The van der Waals surface area contributed by atoms with Gasteiger partial charge >= 0.3 is 0 Å². The highest BCUT2D eigenvalue weighted by molar-refractivity contribution is 5.47. The second-order valence-corrected chi connectivity index (χ2v) is 5.82. The molecule has 0 aromatic carbocycles. The molecule has 1 aliphatic heterocycles. The molecule has 2 aromatic heterocycles. The third kappa shape index (κ3) is 2.51. The van der Waals surface area contributed by atoms with Crippen LogP contribution in [0.2, 0.25) is 0 Å². The van der Waals surface area contributed by atoms with Crippen LogP contribution in [0.3, 0.4) is 0 Å². The third-order valence-corrected chi connectivity index (χ3v) is 4.21. The van der Waals surface area contributed by atoms with Crippen molar-refractivity contribution in [1.82, 2.24) is 14.3 Å². The molecule has 2 N–H and O–H groups in total. The van der Waals surface area contributed by atoms with Crippen molar-refractivity contribution in [3.05, 3.63) is 35.8 Å². The van der Waals surface area contributed by atoms with Crippen LogP contribution in [-0.4, -0.2) is 33.4 Å². The molecule has 0 aliphatic carbocycles. The van der Waals surface area contributed by atoms with E-state index in [0.29, 0.717) is 12.0 Å². The third-order valence-electron chi connectivity index (χ3n) is 4.21. The Labute approximate surface area is 114 Å². The highest BCUT2D eigenvalue weighted by atomic mass is 15.2. The Kier molecular flexibility index (Phi) is 3.29. The van der Waals surface area contributed by atoms with E-state index in [2.05, 4.69) is 47.7 Å². The van der Waals surface area contributed by atoms with E-state index in [9.17, 15) is 0 Å². The van der Waals surface area contributed by atoms with E-state index in [1.807, 2.05) is 0 Å². The molecule has 0 amide bonds. The fraction of sp³-hybridized carbons (Fsp3) is 0.533. The van der Waals surface area contributed by atoms with Crippen LogP contribution in [0.5, 0.6) is 0 Å². The van der Waals surface area contributed by atoms with E-state index in [-0.39, 0.29) is 0 Å². The number of imidazole rings is 1. The van der Waals surface area contributed by atoms with Crippen LogP contribution in [0.4, 0.5) is 0 Å². The summed E-state index contributed by atoms with van der Waals surface area (Å²) in [6, 6.07) is 4.46. The Hall–Kier alpha value is -1.39. The van der Waals surface area contributed by atoms with Crippen molar-refractivity contribution in [3.8, 4) is 0 Å². The topological polar surface area (TPSA) is 46.6 Å². The molecule has 2 aromatic rings. The summed E-state index contributed by atoms with van der Waals surface area (Å²) in [5, 5.41) is 0. The Bertz CT molecular complexity index is 575. The lowest BCUT2D eigenvalue weighted by Crippen LogP contribution is -2.47. The number of piperidine rings is 1.